The summed E-state index contributed by atoms with van der Waals surface area (Å²) in [5.74, 6) is 1.96. The molecule has 3 rings (SSSR count). The van der Waals surface area contributed by atoms with Crippen molar-refractivity contribution in [1.82, 2.24) is 15.5 Å². The van der Waals surface area contributed by atoms with E-state index in [0.717, 1.165) is 17.1 Å². The van der Waals surface area contributed by atoms with Crippen molar-refractivity contribution in [3.05, 3.63) is 54.0 Å². The van der Waals surface area contributed by atoms with Gasteiger partial charge in [0.15, 0.2) is 0 Å². The van der Waals surface area contributed by atoms with Crippen molar-refractivity contribution in [2.24, 2.45) is 11.8 Å². The molecule has 2 aromatic rings. The second kappa shape index (κ2) is 10.7. The van der Waals surface area contributed by atoms with Gasteiger partial charge in [0.2, 0.25) is 5.91 Å². The number of ether oxygens (including phenoxy) is 1. The summed E-state index contributed by atoms with van der Waals surface area (Å²) in [6.45, 7) is 6.87. The summed E-state index contributed by atoms with van der Waals surface area (Å²) in [6.07, 6.45) is 2.92. The molecule has 2 heterocycles. The zero-order chi connectivity index (χ0) is 21.3. The second-order valence-electron chi connectivity index (χ2n) is 8.07. The molecular formula is C23H31N3O4. The number of benzene rings is 1. The normalized spacial score (nSPS) is 14.6. The van der Waals surface area contributed by atoms with E-state index in [2.05, 4.69) is 24.5 Å². The minimum atomic E-state index is -0.0991. The van der Waals surface area contributed by atoms with E-state index in [1.54, 1.807) is 17.2 Å². The molecule has 2 N–H and O–H groups in total. The summed E-state index contributed by atoms with van der Waals surface area (Å²) in [5.41, 5.74) is 0.997. The van der Waals surface area contributed by atoms with Crippen LogP contribution in [-0.2, 0) is 17.9 Å². The number of nitrogens with one attached hydrogen (secondary N) is 2. The fraction of sp³-hybridized carbons (Fsp3) is 0.478. The van der Waals surface area contributed by atoms with Crippen LogP contribution >= 0.6 is 0 Å². The van der Waals surface area contributed by atoms with Crippen molar-refractivity contribution in [3.8, 4) is 5.75 Å². The van der Waals surface area contributed by atoms with Crippen molar-refractivity contribution in [2.75, 3.05) is 19.7 Å². The first kappa shape index (κ1) is 21.7. The van der Waals surface area contributed by atoms with Gasteiger partial charge in [-0.2, -0.15) is 0 Å². The van der Waals surface area contributed by atoms with Crippen LogP contribution in [0, 0.1) is 11.8 Å². The van der Waals surface area contributed by atoms with Crippen molar-refractivity contribution in [3.63, 3.8) is 0 Å². The third kappa shape index (κ3) is 6.54. The van der Waals surface area contributed by atoms with Gasteiger partial charge in [-0.3, -0.25) is 4.79 Å². The van der Waals surface area contributed by atoms with Gasteiger partial charge in [-0.05, 0) is 48.6 Å². The first-order valence-electron chi connectivity index (χ1n) is 10.6. The fourth-order valence-corrected chi connectivity index (χ4v) is 3.37. The zero-order valence-electron chi connectivity index (χ0n) is 17.7. The van der Waals surface area contributed by atoms with Gasteiger partial charge in [-0.25, -0.2) is 4.79 Å². The standard InChI is InChI=1S/C23H31N3O4/c1-17(2)16-30-20-6-3-5-18(13-20)14-25-23(28)26-10-8-19(9-11-26)22(27)24-15-21-7-4-12-29-21/h3-7,12-13,17,19H,8-11,14-16H2,1-2H3,(H,24,27)(H,25,28). The van der Waals surface area contributed by atoms with Crippen molar-refractivity contribution >= 4 is 11.9 Å². The van der Waals surface area contributed by atoms with E-state index >= 15 is 0 Å². The van der Waals surface area contributed by atoms with Crippen molar-refractivity contribution < 1.29 is 18.7 Å². The minimum absolute atomic E-state index is 0.0182. The number of furan rings is 1. The maximum absolute atomic E-state index is 12.5. The molecule has 0 aliphatic carbocycles. The molecule has 0 spiro atoms. The van der Waals surface area contributed by atoms with Crippen LogP contribution in [0.1, 0.15) is 38.0 Å². The lowest BCUT2D eigenvalue weighted by molar-refractivity contribution is -0.126. The third-order valence-corrected chi connectivity index (χ3v) is 5.10. The average Bonchev–Trinajstić information content (AvgIpc) is 3.28. The van der Waals surface area contributed by atoms with Crippen LogP contribution in [0.3, 0.4) is 0 Å². The van der Waals surface area contributed by atoms with Gasteiger partial charge in [0.05, 0.1) is 19.4 Å². The van der Waals surface area contributed by atoms with E-state index in [1.165, 1.54) is 0 Å². The molecule has 162 valence electrons. The Morgan fingerprint density at radius 1 is 1.13 bits per heavy atom. The number of amides is 3. The van der Waals surface area contributed by atoms with Crippen LogP contribution in [-0.4, -0.2) is 36.5 Å². The fourth-order valence-electron chi connectivity index (χ4n) is 3.37. The number of hydrogen-bond donors (Lipinski definition) is 2. The van der Waals surface area contributed by atoms with Gasteiger partial charge in [0.1, 0.15) is 11.5 Å². The highest BCUT2D eigenvalue weighted by atomic mass is 16.5. The number of carbonyl (C=O) groups excluding carboxylic acids is 2. The van der Waals surface area contributed by atoms with Gasteiger partial charge < -0.3 is 24.7 Å². The Morgan fingerprint density at radius 3 is 2.63 bits per heavy atom. The molecule has 3 amide bonds. The number of nitrogens with zero attached hydrogens (tertiary/aromatic N) is 1. The molecule has 1 saturated heterocycles. The molecule has 0 atom stereocenters. The monoisotopic (exact) mass is 413 g/mol. The Morgan fingerprint density at radius 2 is 1.93 bits per heavy atom. The van der Waals surface area contributed by atoms with Crippen LogP contribution in [0.2, 0.25) is 0 Å². The Hall–Kier alpha value is -2.96. The third-order valence-electron chi connectivity index (χ3n) is 5.10. The van der Waals surface area contributed by atoms with E-state index in [4.69, 9.17) is 9.15 Å². The predicted molar refractivity (Wildman–Crippen MR) is 114 cm³/mol. The van der Waals surface area contributed by atoms with E-state index in [-0.39, 0.29) is 17.9 Å². The number of rotatable bonds is 8. The summed E-state index contributed by atoms with van der Waals surface area (Å²) in [6, 6.07) is 11.3. The van der Waals surface area contributed by atoms with Gasteiger partial charge in [0, 0.05) is 25.6 Å². The smallest absolute Gasteiger partial charge is 0.317 e. The highest BCUT2D eigenvalue weighted by molar-refractivity contribution is 5.79. The van der Waals surface area contributed by atoms with Gasteiger partial charge in [-0.1, -0.05) is 26.0 Å². The molecule has 30 heavy (non-hydrogen) atoms. The summed E-state index contributed by atoms with van der Waals surface area (Å²) in [7, 11) is 0. The number of piperidine rings is 1. The van der Waals surface area contributed by atoms with E-state index < -0.39 is 0 Å². The van der Waals surface area contributed by atoms with Crippen LogP contribution in [0.5, 0.6) is 5.75 Å². The van der Waals surface area contributed by atoms with E-state index in [1.807, 2.05) is 30.3 Å². The molecule has 7 nitrogen and oxygen atoms in total. The highest BCUT2D eigenvalue weighted by Crippen LogP contribution is 2.18. The van der Waals surface area contributed by atoms with Crippen molar-refractivity contribution in [2.45, 2.75) is 39.8 Å². The van der Waals surface area contributed by atoms with Crippen LogP contribution < -0.4 is 15.4 Å². The topological polar surface area (TPSA) is 83.8 Å². The first-order chi connectivity index (χ1) is 14.5. The first-order valence-corrected chi connectivity index (χ1v) is 10.6. The van der Waals surface area contributed by atoms with Crippen LogP contribution in [0.4, 0.5) is 4.79 Å². The summed E-state index contributed by atoms with van der Waals surface area (Å²) in [4.78, 5) is 26.6. The molecule has 1 aliphatic rings. The Balaban J connectivity index is 1.39. The molecule has 0 unspecified atom stereocenters. The largest absolute Gasteiger partial charge is 0.493 e. The Kier molecular flexibility index (Phi) is 7.76. The SMILES string of the molecule is CC(C)COc1cccc(CNC(=O)N2CCC(C(=O)NCc3ccco3)CC2)c1. The van der Waals surface area contributed by atoms with Gasteiger partial charge >= 0.3 is 6.03 Å². The predicted octanol–water partition coefficient (Wildman–Crippen LogP) is 3.55. The molecule has 1 aromatic carbocycles. The molecule has 0 saturated carbocycles. The summed E-state index contributed by atoms with van der Waals surface area (Å²) < 4.78 is 11.0. The number of carbonyl (C=O) groups is 2. The number of likely N-dealkylation sites (tertiary alicyclic amines) is 1. The lowest BCUT2D eigenvalue weighted by Crippen LogP contribution is -2.46. The molecule has 0 bridgehead atoms. The molecule has 7 heteroatoms. The molecule has 1 fully saturated rings. The number of urea groups is 1. The summed E-state index contributed by atoms with van der Waals surface area (Å²) >= 11 is 0. The number of hydrogen-bond acceptors (Lipinski definition) is 4. The quantitative estimate of drug-likeness (QED) is 0.693. The average molecular weight is 414 g/mol. The maximum atomic E-state index is 12.5. The lowest BCUT2D eigenvalue weighted by atomic mass is 9.96. The Bertz CT molecular complexity index is 812. The van der Waals surface area contributed by atoms with E-state index in [0.29, 0.717) is 51.5 Å². The maximum Gasteiger partial charge on any atom is 0.317 e. The van der Waals surface area contributed by atoms with E-state index in [9.17, 15) is 9.59 Å². The Labute approximate surface area is 177 Å². The van der Waals surface area contributed by atoms with Gasteiger partial charge in [-0.15, -0.1) is 0 Å². The zero-order valence-corrected chi connectivity index (χ0v) is 17.7. The van der Waals surface area contributed by atoms with Crippen LogP contribution in [0.25, 0.3) is 0 Å². The summed E-state index contributed by atoms with van der Waals surface area (Å²) in [5, 5.41) is 5.87. The lowest BCUT2D eigenvalue weighted by Gasteiger charge is -2.31. The van der Waals surface area contributed by atoms with Gasteiger partial charge in [0.25, 0.3) is 0 Å². The molecular weight excluding hydrogens is 382 g/mol. The molecule has 0 radical (unpaired) electrons. The minimum Gasteiger partial charge on any atom is -0.493 e. The highest BCUT2D eigenvalue weighted by Gasteiger charge is 2.27. The molecule has 1 aliphatic heterocycles. The second-order valence-corrected chi connectivity index (χ2v) is 8.07. The van der Waals surface area contributed by atoms with Crippen molar-refractivity contribution in [1.29, 1.82) is 0 Å². The molecule has 1 aromatic heterocycles. The van der Waals surface area contributed by atoms with Crippen LogP contribution in [0.15, 0.2) is 47.1 Å².